The molecule has 220 valence electrons. The highest BCUT2D eigenvalue weighted by atomic mass is 32.2. The second-order valence-corrected chi connectivity index (χ2v) is 11.0. The molecule has 2 aromatic heterocycles. The number of benzene rings is 3. The summed E-state index contributed by atoms with van der Waals surface area (Å²) in [5.41, 5.74) is 5.06. The fourth-order valence-electron chi connectivity index (χ4n) is 5.24. The zero-order valence-corrected chi connectivity index (χ0v) is 24.7. The van der Waals surface area contributed by atoms with E-state index < -0.39 is 11.7 Å². The van der Waals surface area contributed by atoms with Crippen molar-refractivity contribution in [3.63, 3.8) is 0 Å². The maximum absolute atomic E-state index is 15.2. The van der Waals surface area contributed by atoms with Crippen LogP contribution in [0, 0.1) is 5.82 Å². The lowest BCUT2D eigenvalue weighted by molar-refractivity contribution is -0.114. The van der Waals surface area contributed by atoms with Crippen molar-refractivity contribution in [3.05, 3.63) is 113 Å². The number of imidazole rings is 1. The molecule has 3 aromatic carbocycles. The minimum absolute atomic E-state index is 0.0918. The number of halogens is 1. The lowest BCUT2D eigenvalue weighted by Gasteiger charge is -2.18. The van der Waals surface area contributed by atoms with Gasteiger partial charge in [-0.1, -0.05) is 54.2 Å². The van der Waals surface area contributed by atoms with E-state index in [9.17, 15) is 14.4 Å². The Labute approximate surface area is 256 Å². The van der Waals surface area contributed by atoms with Crippen LogP contribution in [0.25, 0.3) is 22.5 Å². The van der Waals surface area contributed by atoms with Gasteiger partial charge in [-0.2, -0.15) is 0 Å². The topological polar surface area (TPSA) is 120 Å². The van der Waals surface area contributed by atoms with Crippen LogP contribution in [0.4, 0.5) is 15.9 Å². The summed E-state index contributed by atoms with van der Waals surface area (Å²) in [6.45, 7) is 1.90. The Balaban J connectivity index is 1.27. The number of hydrogen-bond donors (Lipinski definition) is 3. The first-order valence-electron chi connectivity index (χ1n) is 13.7. The molecule has 0 bridgehead atoms. The summed E-state index contributed by atoms with van der Waals surface area (Å²) in [6.07, 6.45) is 3.50. The van der Waals surface area contributed by atoms with Crippen LogP contribution >= 0.6 is 11.8 Å². The third-order valence-electron chi connectivity index (χ3n) is 7.21. The fourth-order valence-corrected chi connectivity index (χ4v) is 5.63. The average Bonchev–Trinajstić information content (AvgIpc) is 3.58. The maximum atomic E-state index is 15.2. The molecule has 0 radical (unpaired) electrons. The fraction of sp³-hybridized carbons (Fsp3) is 0.121. The van der Waals surface area contributed by atoms with Crippen LogP contribution in [0.2, 0.25) is 0 Å². The second-order valence-electron chi connectivity index (χ2n) is 10.2. The Morgan fingerprint density at radius 2 is 1.82 bits per heavy atom. The van der Waals surface area contributed by atoms with Crippen molar-refractivity contribution in [1.82, 2.24) is 19.9 Å². The molecule has 1 aliphatic rings. The molecule has 0 fully saturated rings. The van der Waals surface area contributed by atoms with Crippen LogP contribution < -0.4 is 10.6 Å². The van der Waals surface area contributed by atoms with Crippen molar-refractivity contribution < 1.29 is 18.8 Å². The molecule has 3 amide bonds. The van der Waals surface area contributed by atoms with E-state index in [1.165, 1.54) is 30.8 Å². The monoisotopic (exact) mass is 606 g/mol. The number of amides is 3. The van der Waals surface area contributed by atoms with Gasteiger partial charge in [0.1, 0.15) is 11.6 Å². The maximum Gasteiger partial charge on any atom is 0.258 e. The number of nitrogens with one attached hydrogen (secondary N) is 3. The number of carbonyl (C=O) groups is 3. The van der Waals surface area contributed by atoms with E-state index in [2.05, 4.69) is 20.6 Å². The first-order chi connectivity index (χ1) is 21.3. The molecule has 0 atom stereocenters. The first kappa shape index (κ1) is 28.8. The number of H-pyrrole nitrogens is 1. The molecule has 1 aliphatic heterocycles. The van der Waals surface area contributed by atoms with Gasteiger partial charge in [0.15, 0.2) is 5.16 Å². The van der Waals surface area contributed by atoms with E-state index in [4.69, 9.17) is 4.98 Å². The number of anilines is 2. The Hall–Kier alpha value is -5.29. The molecule has 6 rings (SSSR count). The minimum atomic E-state index is -0.674. The number of aromatic nitrogens is 3. The van der Waals surface area contributed by atoms with Crippen LogP contribution in [-0.2, 0) is 17.9 Å². The Kier molecular flexibility index (Phi) is 7.95. The summed E-state index contributed by atoms with van der Waals surface area (Å²) in [5.74, 6) is -1.28. The van der Waals surface area contributed by atoms with Gasteiger partial charge < -0.3 is 20.5 Å². The lowest BCUT2D eigenvalue weighted by atomic mass is 10.0. The summed E-state index contributed by atoms with van der Waals surface area (Å²) in [6, 6.07) is 22.4. The standard InChI is InChI=1S/C33H27FN6O3S/c1-19(41)36-27-16-21(13-14-35-27)30-29(38-33(39-30)44-2)20-8-5-10-24(15-20)37-31(42)28-23(9-6-12-26(28)34)18-40-17-22-7-3-4-11-25(22)32(40)43/h3-16H,17-18H2,1-2H3,(H,37,42)(H,38,39)(H,35,36,41). The van der Waals surface area contributed by atoms with Crippen molar-refractivity contribution in [2.75, 3.05) is 16.9 Å². The number of thioether (sulfide) groups is 1. The number of carbonyl (C=O) groups excluding carboxylic acids is 3. The van der Waals surface area contributed by atoms with Crippen LogP contribution in [0.15, 0.2) is 90.2 Å². The van der Waals surface area contributed by atoms with Crippen LogP contribution in [0.3, 0.4) is 0 Å². The molecule has 44 heavy (non-hydrogen) atoms. The van der Waals surface area contributed by atoms with E-state index in [1.54, 1.807) is 53.6 Å². The summed E-state index contributed by atoms with van der Waals surface area (Å²) in [7, 11) is 0. The molecule has 0 unspecified atom stereocenters. The third kappa shape index (κ3) is 5.82. The van der Waals surface area contributed by atoms with Gasteiger partial charge >= 0.3 is 0 Å². The van der Waals surface area contributed by atoms with Gasteiger partial charge in [-0.25, -0.2) is 14.4 Å². The lowest BCUT2D eigenvalue weighted by Crippen LogP contribution is -2.26. The molecule has 3 heterocycles. The molecular formula is C33H27FN6O3S. The van der Waals surface area contributed by atoms with Crippen molar-refractivity contribution in [1.29, 1.82) is 0 Å². The van der Waals surface area contributed by atoms with Gasteiger partial charge in [0.25, 0.3) is 11.8 Å². The smallest absolute Gasteiger partial charge is 0.258 e. The van der Waals surface area contributed by atoms with E-state index in [1.807, 2.05) is 30.5 Å². The first-order valence-corrected chi connectivity index (χ1v) is 15.0. The number of hydrogen-bond acceptors (Lipinski definition) is 6. The third-order valence-corrected chi connectivity index (χ3v) is 7.79. The van der Waals surface area contributed by atoms with E-state index in [0.717, 1.165) is 11.1 Å². The molecule has 0 saturated carbocycles. The van der Waals surface area contributed by atoms with Crippen molar-refractivity contribution in [2.24, 2.45) is 0 Å². The van der Waals surface area contributed by atoms with Crippen LogP contribution in [-0.4, -0.2) is 43.8 Å². The van der Waals surface area contributed by atoms with Gasteiger partial charge in [-0.15, -0.1) is 0 Å². The second kappa shape index (κ2) is 12.1. The molecule has 0 aliphatic carbocycles. The van der Waals surface area contributed by atoms with Crippen LogP contribution in [0.5, 0.6) is 0 Å². The number of pyridine rings is 1. The van der Waals surface area contributed by atoms with Crippen LogP contribution in [0.1, 0.15) is 38.8 Å². The number of rotatable bonds is 8. The number of nitrogens with zero attached hydrogens (tertiary/aromatic N) is 3. The molecule has 0 spiro atoms. The number of fused-ring (bicyclic) bond motifs is 1. The molecule has 9 nitrogen and oxygen atoms in total. The van der Waals surface area contributed by atoms with Crippen molar-refractivity contribution in [3.8, 4) is 22.5 Å². The molecule has 11 heteroatoms. The average molecular weight is 607 g/mol. The van der Waals surface area contributed by atoms with Gasteiger partial charge in [-0.05, 0) is 53.8 Å². The largest absolute Gasteiger partial charge is 0.332 e. The van der Waals surface area contributed by atoms with E-state index >= 15 is 4.39 Å². The SMILES string of the molecule is CSc1nc(-c2cccc(NC(=O)c3c(F)cccc3CN3Cc4ccccc4C3=O)c2)c(-c2ccnc(NC(C)=O)c2)[nH]1. The van der Waals surface area contributed by atoms with Gasteiger partial charge in [0.2, 0.25) is 5.91 Å². The summed E-state index contributed by atoms with van der Waals surface area (Å²) in [5, 5.41) is 6.20. The predicted molar refractivity (Wildman–Crippen MR) is 168 cm³/mol. The summed E-state index contributed by atoms with van der Waals surface area (Å²) < 4.78 is 15.2. The Morgan fingerprint density at radius 3 is 2.61 bits per heavy atom. The highest BCUT2D eigenvalue weighted by Crippen LogP contribution is 2.34. The number of aromatic amines is 1. The van der Waals surface area contributed by atoms with Gasteiger partial charge in [0.05, 0.1) is 17.0 Å². The molecule has 3 N–H and O–H groups in total. The highest BCUT2D eigenvalue weighted by molar-refractivity contribution is 7.98. The Morgan fingerprint density at radius 1 is 1.00 bits per heavy atom. The van der Waals surface area contributed by atoms with E-state index in [-0.39, 0.29) is 23.9 Å². The molecule has 0 saturated heterocycles. The predicted octanol–water partition coefficient (Wildman–Crippen LogP) is 6.37. The minimum Gasteiger partial charge on any atom is -0.332 e. The van der Waals surface area contributed by atoms with Gasteiger partial charge in [-0.3, -0.25) is 14.4 Å². The summed E-state index contributed by atoms with van der Waals surface area (Å²) in [4.78, 5) is 51.9. The van der Waals surface area contributed by atoms with Gasteiger partial charge in [0, 0.05) is 48.6 Å². The highest BCUT2D eigenvalue weighted by Gasteiger charge is 2.28. The van der Waals surface area contributed by atoms with E-state index in [0.29, 0.717) is 51.3 Å². The van der Waals surface area contributed by atoms with Crippen molar-refractivity contribution >= 4 is 41.0 Å². The molecular weight excluding hydrogens is 579 g/mol. The molecule has 5 aromatic rings. The summed E-state index contributed by atoms with van der Waals surface area (Å²) >= 11 is 1.44. The normalized spacial score (nSPS) is 12.2. The zero-order valence-electron chi connectivity index (χ0n) is 23.8. The zero-order chi connectivity index (χ0) is 30.8. The Bertz CT molecular complexity index is 1920. The van der Waals surface area contributed by atoms with Crippen molar-refractivity contribution in [2.45, 2.75) is 25.2 Å². The quantitative estimate of drug-likeness (QED) is 0.177.